The third kappa shape index (κ3) is 4.66. The lowest BCUT2D eigenvalue weighted by Gasteiger charge is -2.14. The number of pyridine rings is 1. The molecule has 1 aromatic carbocycles. The van der Waals surface area contributed by atoms with Crippen molar-refractivity contribution in [2.75, 3.05) is 5.32 Å². The van der Waals surface area contributed by atoms with Crippen molar-refractivity contribution >= 4 is 5.82 Å². The van der Waals surface area contributed by atoms with Crippen molar-refractivity contribution in [1.82, 2.24) is 24.7 Å². The summed E-state index contributed by atoms with van der Waals surface area (Å²) >= 11 is 0. The maximum absolute atomic E-state index is 4.71. The molecule has 0 bridgehead atoms. The summed E-state index contributed by atoms with van der Waals surface area (Å²) in [5, 5.41) is 8.01. The molecule has 0 aliphatic heterocycles. The Kier molecular flexibility index (Phi) is 5.61. The number of hydrogen-bond acceptors (Lipinski definition) is 5. The molecule has 29 heavy (non-hydrogen) atoms. The van der Waals surface area contributed by atoms with E-state index in [1.54, 1.807) is 12.4 Å². The smallest absolute Gasteiger partial charge is 0.161 e. The predicted molar refractivity (Wildman–Crippen MR) is 114 cm³/mol. The quantitative estimate of drug-likeness (QED) is 0.507. The Morgan fingerprint density at radius 2 is 1.83 bits per heavy atom. The summed E-state index contributed by atoms with van der Waals surface area (Å²) in [6.45, 7) is 4.97. The summed E-state index contributed by atoms with van der Waals surface area (Å²) in [6.07, 6.45) is 8.35. The fourth-order valence-electron chi connectivity index (χ4n) is 3.15. The molecule has 4 aromatic rings. The molecule has 3 aromatic heterocycles. The molecule has 4 rings (SSSR count). The van der Waals surface area contributed by atoms with E-state index in [4.69, 9.17) is 4.98 Å². The highest BCUT2D eigenvalue weighted by Crippen LogP contribution is 2.22. The minimum Gasteiger partial charge on any atom is -0.363 e. The highest BCUT2D eigenvalue weighted by molar-refractivity contribution is 5.57. The second-order valence-electron chi connectivity index (χ2n) is 6.98. The lowest BCUT2D eigenvalue weighted by atomic mass is 10.2. The molecule has 0 aliphatic rings. The number of nitrogens with zero attached hydrogens (tertiary/aromatic N) is 5. The average Bonchev–Trinajstić information content (AvgIpc) is 3.23. The molecule has 146 valence electrons. The number of aryl methyl sites for hydroxylation is 1. The Balaban J connectivity index is 1.52. The van der Waals surface area contributed by atoms with Crippen molar-refractivity contribution in [3.05, 3.63) is 90.1 Å². The average molecular weight is 384 g/mol. The van der Waals surface area contributed by atoms with E-state index in [2.05, 4.69) is 52.6 Å². The third-order valence-corrected chi connectivity index (χ3v) is 4.78. The zero-order valence-electron chi connectivity index (χ0n) is 16.7. The Labute approximate surface area is 170 Å². The molecular formula is C23H24N6. The van der Waals surface area contributed by atoms with Gasteiger partial charge in [0.25, 0.3) is 0 Å². The maximum atomic E-state index is 4.71. The highest BCUT2D eigenvalue weighted by atomic mass is 15.3. The van der Waals surface area contributed by atoms with Gasteiger partial charge in [-0.1, -0.05) is 37.3 Å². The largest absolute Gasteiger partial charge is 0.363 e. The molecule has 6 heteroatoms. The van der Waals surface area contributed by atoms with E-state index in [1.165, 1.54) is 5.56 Å². The van der Waals surface area contributed by atoms with Crippen LogP contribution >= 0.6 is 0 Å². The lowest BCUT2D eigenvalue weighted by molar-refractivity contribution is 0.685. The van der Waals surface area contributed by atoms with Crippen molar-refractivity contribution in [2.24, 2.45) is 0 Å². The van der Waals surface area contributed by atoms with E-state index < -0.39 is 0 Å². The summed E-state index contributed by atoms with van der Waals surface area (Å²) in [4.78, 5) is 13.4. The Morgan fingerprint density at radius 1 is 1.03 bits per heavy atom. The van der Waals surface area contributed by atoms with Gasteiger partial charge in [-0.05, 0) is 31.0 Å². The van der Waals surface area contributed by atoms with E-state index in [0.717, 1.165) is 35.6 Å². The number of hydrogen-bond donors (Lipinski definition) is 1. The van der Waals surface area contributed by atoms with Crippen LogP contribution in [0.1, 0.15) is 36.7 Å². The van der Waals surface area contributed by atoms with Gasteiger partial charge in [0.05, 0.1) is 18.8 Å². The summed E-state index contributed by atoms with van der Waals surface area (Å²) in [7, 11) is 0. The lowest BCUT2D eigenvalue weighted by Crippen LogP contribution is -2.09. The molecule has 1 unspecified atom stereocenters. The van der Waals surface area contributed by atoms with E-state index >= 15 is 0 Å². The molecule has 0 spiro atoms. The Morgan fingerprint density at radius 3 is 2.59 bits per heavy atom. The van der Waals surface area contributed by atoms with Gasteiger partial charge in [-0.2, -0.15) is 5.10 Å². The molecule has 0 amide bonds. The van der Waals surface area contributed by atoms with Gasteiger partial charge < -0.3 is 5.32 Å². The van der Waals surface area contributed by atoms with Crippen LogP contribution in [0.4, 0.5) is 5.82 Å². The summed E-state index contributed by atoms with van der Waals surface area (Å²) in [5.74, 6) is 1.52. The number of benzene rings is 1. The molecule has 6 nitrogen and oxygen atoms in total. The molecule has 3 heterocycles. The molecule has 1 atom stereocenters. The van der Waals surface area contributed by atoms with Crippen molar-refractivity contribution < 1.29 is 0 Å². The molecule has 0 saturated heterocycles. The second kappa shape index (κ2) is 8.65. The van der Waals surface area contributed by atoms with Gasteiger partial charge in [0, 0.05) is 41.5 Å². The minimum absolute atomic E-state index is 0.0735. The highest BCUT2D eigenvalue weighted by Gasteiger charge is 2.12. The van der Waals surface area contributed by atoms with Crippen LogP contribution in [0.25, 0.3) is 11.4 Å². The first-order valence-corrected chi connectivity index (χ1v) is 9.82. The Bertz CT molecular complexity index is 1060. The van der Waals surface area contributed by atoms with Gasteiger partial charge in [0.2, 0.25) is 0 Å². The predicted octanol–water partition coefficient (Wildman–Crippen LogP) is 4.52. The van der Waals surface area contributed by atoms with E-state index in [0.29, 0.717) is 5.82 Å². The molecule has 0 radical (unpaired) electrons. The summed E-state index contributed by atoms with van der Waals surface area (Å²) in [6, 6.07) is 16.3. The molecule has 0 aliphatic carbocycles. The van der Waals surface area contributed by atoms with E-state index in [9.17, 15) is 0 Å². The topological polar surface area (TPSA) is 68.5 Å². The number of aromatic nitrogens is 5. The van der Waals surface area contributed by atoms with Gasteiger partial charge in [-0.15, -0.1) is 0 Å². The van der Waals surface area contributed by atoms with Crippen LogP contribution in [0, 0.1) is 0 Å². The summed E-state index contributed by atoms with van der Waals surface area (Å²) < 4.78 is 1.96. The molecular weight excluding hydrogens is 360 g/mol. The minimum atomic E-state index is 0.0735. The van der Waals surface area contributed by atoms with Gasteiger partial charge in [0.15, 0.2) is 5.82 Å². The van der Waals surface area contributed by atoms with Crippen molar-refractivity contribution in [3.8, 4) is 11.4 Å². The maximum Gasteiger partial charge on any atom is 0.161 e. The van der Waals surface area contributed by atoms with Crippen LogP contribution in [-0.4, -0.2) is 24.7 Å². The zero-order chi connectivity index (χ0) is 20.1. The fraction of sp³-hybridized carbons (Fsp3) is 0.217. The van der Waals surface area contributed by atoms with Gasteiger partial charge >= 0.3 is 0 Å². The SMILES string of the molecule is CCc1cc(NC(C)c2cnn(Cc3ccccc3)c2)nc(-c2ccncc2)n1. The van der Waals surface area contributed by atoms with Crippen molar-refractivity contribution in [3.63, 3.8) is 0 Å². The van der Waals surface area contributed by atoms with Crippen LogP contribution in [0.5, 0.6) is 0 Å². The van der Waals surface area contributed by atoms with Crippen LogP contribution in [0.2, 0.25) is 0 Å². The van der Waals surface area contributed by atoms with Crippen LogP contribution in [0.15, 0.2) is 73.3 Å². The third-order valence-electron chi connectivity index (χ3n) is 4.78. The Hall–Kier alpha value is -3.54. The number of rotatable bonds is 7. The first kappa shape index (κ1) is 18.8. The molecule has 1 N–H and O–H groups in total. The number of anilines is 1. The van der Waals surface area contributed by atoms with Crippen molar-refractivity contribution in [2.45, 2.75) is 32.9 Å². The molecule has 0 fully saturated rings. The number of nitrogens with one attached hydrogen (secondary N) is 1. The van der Waals surface area contributed by atoms with E-state index in [-0.39, 0.29) is 6.04 Å². The van der Waals surface area contributed by atoms with Gasteiger partial charge in [-0.3, -0.25) is 9.67 Å². The van der Waals surface area contributed by atoms with Crippen LogP contribution in [0.3, 0.4) is 0 Å². The van der Waals surface area contributed by atoms with Gasteiger partial charge in [0.1, 0.15) is 5.82 Å². The first-order chi connectivity index (χ1) is 14.2. The summed E-state index contributed by atoms with van der Waals surface area (Å²) in [5.41, 5.74) is 4.30. The fourth-order valence-corrected chi connectivity index (χ4v) is 3.15. The zero-order valence-corrected chi connectivity index (χ0v) is 16.7. The second-order valence-corrected chi connectivity index (χ2v) is 6.98. The monoisotopic (exact) mass is 384 g/mol. The van der Waals surface area contributed by atoms with Crippen LogP contribution in [-0.2, 0) is 13.0 Å². The first-order valence-electron chi connectivity index (χ1n) is 9.82. The van der Waals surface area contributed by atoms with Crippen molar-refractivity contribution in [1.29, 1.82) is 0 Å². The van der Waals surface area contributed by atoms with Crippen LogP contribution < -0.4 is 5.32 Å². The molecule has 0 saturated carbocycles. The normalized spacial score (nSPS) is 11.9. The standard InChI is InChI=1S/C23H24N6/c1-3-21-13-22(28-23(27-21)19-9-11-24-12-10-19)26-17(2)20-14-25-29(16-20)15-18-7-5-4-6-8-18/h4-14,16-17H,3,15H2,1-2H3,(H,26,27,28). The van der Waals surface area contributed by atoms with E-state index in [1.807, 2.05) is 47.3 Å². The van der Waals surface area contributed by atoms with Gasteiger partial charge in [-0.25, -0.2) is 9.97 Å².